The van der Waals surface area contributed by atoms with E-state index in [9.17, 15) is 13.2 Å². The first-order valence-electron chi connectivity index (χ1n) is 2.93. The van der Waals surface area contributed by atoms with Crippen LogP contribution in [-0.2, 0) is 14.8 Å². The number of nitrogens with one attached hydrogen (secondary N) is 1. The van der Waals surface area contributed by atoms with Crippen LogP contribution in [0.5, 0.6) is 0 Å². The van der Waals surface area contributed by atoms with Crippen molar-refractivity contribution in [3.05, 3.63) is 0 Å². The third-order valence-electron chi connectivity index (χ3n) is 0.853. The molecular weight excluding hydrogens is 170 g/mol. The highest BCUT2D eigenvalue weighted by Gasteiger charge is 2.08. The van der Waals surface area contributed by atoms with Crippen LogP contribution < -0.4 is 16.2 Å². The van der Waals surface area contributed by atoms with E-state index in [0.717, 1.165) is 0 Å². The zero-order valence-corrected chi connectivity index (χ0v) is 6.73. The molecule has 0 aromatic heterocycles. The SMILES string of the molecule is NCCS(=O)(=O)NCC(N)=O. The van der Waals surface area contributed by atoms with Gasteiger partial charge in [0, 0.05) is 6.54 Å². The van der Waals surface area contributed by atoms with Crippen LogP contribution in [0.1, 0.15) is 0 Å². The second-order valence-corrected chi connectivity index (χ2v) is 3.82. The number of nitrogens with two attached hydrogens (primary N) is 2. The lowest BCUT2D eigenvalue weighted by molar-refractivity contribution is -0.116. The number of sulfonamides is 1. The molecule has 1 amide bonds. The number of carbonyl (C=O) groups excluding carboxylic acids is 1. The molecule has 0 atom stereocenters. The lowest BCUT2D eigenvalue weighted by Crippen LogP contribution is -2.36. The number of amides is 1. The molecule has 7 heteroatoms. The molecule has 5 N–H and O–H groups in total. The molecule has 0 radical (unpaired) electrons. The fourth-order valence-electron chi connectivity index (χ4n) is 0.408. The van der Waals surface area contributed by atoms with Gasteiger partial charge in [0.05, 0.1) is 12.3 Å². The van der Waals surface area contributed by atoms with Crippen LogP contribution in [0.4, 0.5) is 0 Å². The molecular formula is C4H11N3O3S. The summed E-state index contributed by atoms with van der Waals surface area (Å²) in [7, 11) is -3.40. The van der Waals surface area contributed by atoms with Gasteiger partial charge in [0.15, 0.2) is 0 Å². The average Bonchev–Trinajstić information content (AvgIpc) is 1.84. The zero-order valence-electron chi connectivity index (χ0n) is 5.91. The van der Waals surface area contributed by atoms with E-state index in [1.807, 2.05) is 4.72 Å². The summed E-state index contributed by atoms with van der Waals surface area (Å²) in [5.41, 5.74) is 9.68. The Labute approximate surface area is 65.0 Å². The van der Waals surface area contributed by atoms with E-state index < -0.39 is 15.9 Å². The molecule has 0 spiro atoms. The first-order chi connectivity index (χ1) is 4.98. The molecule has 0 heterocycles. The highest BCUT2D eigenvalue weighted by molar-refractivity contribution is 7.89. The van der Waals surface area contributed by atoms with Gasteiger partial charge in [0.1, 0.15) is 0 Å². The maximum absolute atomic E-state index is 10.7. The second kappa shape index (κ2) is 4.27. The van der Waals surface area contributed by atoms with Gasteiger partial charge >= 0.3 is 0 Å². The van der Waals surface area contributed by atoms with Crippen molar-refractivity contribution in [2.45, 2.75) is 0 Å². The third-order valence-corrected chi connectivity index (χ3v) is 2.21. The minimum absolute atomic E-state index is 0.0219. The standard InChI is InChI=1S/C4H11N3O3S/c5-1-2-11(9,10)7-3-4(6)8/h7H,1-3,5H2,(H2,6,8). The van der Waals surface area contributed by atoms with Gasteiger partial charge in [0.2, 0.25) is 15.9 Å². The minimum Gasteiger partial charge on any atom is -0.369 e. The molecule has 0 aromatic carbocycles. The summed E-state index contributed by atoms with van der Waals surface area (Å²) in [4.78, 5) is 10.1. The molecule has 0 saturated carbocycles. The Morgan fingerprint density at radius 3 is 2.36 bits per heavy atom. The summed E-state index contributed by atoms with van der Waals surface area (Å²) in [6, 6.07) is 0. The molecule has 0 aliphatic rings. The predicted octanol–water partition coefficient (Wildman–Crippen LogP) is -2.65. The Morgan fingerprint density at radius 2 is 2.00 bits per heavy atom. The van der Waals surface area contributed by atoms with Crippen molar-refractivity contribution in [2.75, 3.05) is 18.8 Å². The van der Waals surface area contributed by atoms with Crippen molar-refractivity contribution in [1.82, 2.24) is 4.72 Å². The van der Waals surface area contributed by atoms with E-state index in [2.05, 4.69) is 0 Å². The van der Waals surface area contributed by atoms with Gasteiger partial charge < -0.3 is 11.5 Å². The fourth-order valence-corrected chi connectivity index (χ4v) is 1.23. The summed E-state index contributed by atoms with van der Waals surface area (Å²) in [5.74, 6) is -0.911. The highest BCUT2D eigenvalue weighted by Crippen LogP contribution is 1.79. The molecule has 6 nitrogen and oxygen atoms in total. The van der Waals surface area contributed by atoms with Crippen LogP contribution in [0.3, 0.4) is 0 Å². The van der Waals surface area contributed by atoms with Crippen LogP contribution in [0.25, 0.3) is 0 Å². The molecule has 11 heavy (non-hydrogen) atoms. The summed E-state index contributed by atoms with van der Waals surface area (Å²) in [5, 5.41) is 0. The monoisotopic (exact) mass is 181 g/mol. The maximum atomic E-state index is 10.7. The Balaban J connectivity index is 3.84. The first-order valence-corrected chi connectivity index (χ1v) is 4.59. The molecule has 0 aliphatic heterocycles. The van der Waals surface area contributed by atoms with E-state index in [-0.39, 0.29) is 18.8 Å². The van der Waals surface area contributed by atoms with Crippen LogP contribution in [0.15, 0.2) is 0 Å². The number of rotatable bonds is 5. The highest BCUT2D eigenvalue weighted by atomic mass is 32.2. The lowest BCUT2D eigenvalue weighted by Gasteiger charge is -2.01. The van der Waals surface area contributed by atoms with Gasteiger partial charge in [-0.15, -0.1) is 0 Å². The van der Waals surface area contributed by atoms with Crippen molar-refractivity contribution in [3.63, 3.8) is 0 Å². The molecule has 66 valence electrons. The topological polar surface area (TPSA) is 115 Å². The second-order valence-electron chi connectivity index (χ2n) is 1.89. The predicted molar refractivity (Wildman–Crippen MR) is 40.0 cm³/mol. The van der Waals surface area contributed by atoms with Gasteiger partial charge in [-0.05, 0) is 0 Å². The van der Waals surface area contributed by atoms with E-state index in [0.29, 0.717) is 0 Å². The normalized spacial score (nSPS) is 11.4. The third kappa shape index (κ3) is 5.77. The summed E-state index contributed by atoms with van der Waals surface area (Å²) in [6.45, 7) is -0.351. The van der Waals surface area contributed by atoms with E-state index in [1.165, 1.54) is 0 Å². The first kappa shape index (κ1) is 10.3. The maximum Gasteiger partial charge on any atom is 0.232 e. The Hall–Kier alpha value is -0.660. The van der Waals surface area contributed by atoms with E-state index >= 15 is 0 Å². The summed E-state index contributed by atoms with van der Waals surface area (Å²) >= 11 is 0. The van der Waals surface area contributed by atoms with Crippen LogP contribution in [-0.4, -0.2) is 33.2 Å². The number of carbonyl (C=O) groups is 1. The van der Waals surface area contributed by atoms with Crippen LogP contribution >= 0.6 is 0 Å². The zero-order chi connectivity index (χ0) is 8.91. The van der Waals surface area contributed by atoms with Crippen molar-refractivity contribution in [1.29, 1.82) is 0 Å². The fraction of sp³-hybridized carbons (Fsp3) is 0.750. The Bertz CT molecular complexity index is 223. The quantitative estimate of drug-likeness (QED) is 0.429. The van der Waals surface area contributed by atoms with Crippen molar-refractivity contribution < 1.29 is 13.2 Å². The molecule has 0 saturated heterocycles. The molecule has 0 bridgehead atoms. The lowest BCUT2D eigenvalue weighted by atomic mass is 10.7. The van der Waals surface area contributed by atoms with Gasteiger partial charge in [0.25, 0.3) is 0 Å². The molecule has 0 fully saturated rings. The molecule has 0 unspecified atom stereocenters. The van der Waals surface area contributed by atoms with Gasteiger partial charge in [-0.1, -0.05) is 0 Å². The smallest absolute Gasteiger partial charge is 0.232 e. The Kier molecular flexibility index (Phi) is 4.01. The molecule has 0 aromatic rings. The summed E-state index contributed by atoms with van der Waals surface area (Å²) < 4.78 is 23.4. The van der Waals surface area contributed by atoms with Crippen molar-refractivity contribution >= 4 is 15.9 Å². The largest absolute Gasteiger partial charge is 0.369 e. The summed E-state index contributed by atoms with van der Waals surface area (Å²) in [6.07, 6.45) is 0. The molecule has 0 aliphatic carbocycles. The van der Waals surface area contributed by atoms with Crippen molar-refractivity contribution in [3.8, 4) is 0 Å². The van der Waals surface area contributed by atoms with E-state index in [1.54, 1.807) is 0 Å². The van der Waals surface area contributed by atoms with Gasteiger partial charge in [-0.25, -0.2) is 13.1 Å². The van der Waals surface area contributed by atoms with Crippen molar-refractivity contribution in [2.24, 2.45) is 11.5 Å². The number of hydrogen-bond acceptors (Lipinski definition) is 4. The van der Waals surface area contributed by atoms with Crippen LogP contribution in [0, 0.1) is 0 Å². The Morgan fingerprint density at radius 1 is 1.45 bits per heavy atom. The average molecular weight is 181 g/mol. The van der Waals surface area contributed by atoms with Crippen LogP contribution in [0.2, 0.25) is 0 Å². The minimum atomic E-state index is -3.40. The van der Waals surface area contributed by atoms with Gasteiger partial charge in [-0.2, -0.15) is 0 Å². The number of hydrogen-bond donors (Lipinski definition) is 3. The number of primary amides is 1. The van der Waals surface area contributed by atoms with E-state index in [4.69, 9.17) is 11.5 Å². The van der Waals surface area contributed by atoms with Gasteiger partial charge in [-0.3, -0.25) is 4.79 Å². The molecule has 0 rings (SSSR count).